The van der Waals surface area contributed by atoms with Crippen LogP contribution in [0.15, 0.2) is 0 Å². The number of ether oxygens (including phenoxy) is 7. The quantitative estimate of drug-likeness (QED) is 0.504. The van der Waals surface area contributed by atoms with Gasteiger partial charge in [0.2, 0.25) is 0 Å². The molecular weight excluding hydrogens is 312 g/mol. The predicted molar refractivity (Wildman–Crippen MR) is 69.8 cm³/mol. The van der Waals surface area contributed by atoms with Gasteiger partial charge in [0.1, 0.15) is 37.6 Å². The lowest BCUT2D eigenvalue weighted by Crippen LogP contribution is -2.41. The zero-order chi connectivity index (χ0) is 15.8. The van der Waals surface area contributed by atoms with Crippen LogP contribution in [0.3, 0.4) is 0 Å². The maximum atomic E-state index is 11.7. The lowest BCUT2D eigenvalue weighted by atomic mass is 9.95. The lowest BCUT2D eigenvalue weighted by molar-refractivity contribution is -0.0675. The van der Waals surface area contributed by atoms with Crippen LogP contribution in [0, 0.1) is 0 Å². The van der Waals surface area contributed by atoms with Crippen molar-refractivity contribution < 1.29 is 42.7 Å². The Kier molecular flexibility index (Phi) is 4.00. The number of carbonyl (C=O) groups is 2. The maximum absolute atomic E-state index is 11.7. The van der Waals surface area contributed by atoms with E-state index in [1.54, 1.807) is 0 Å². The monoisotopic (exact) mass is 330 g/mol. The Balaban J connectivity index is 1.25. The van der Waals surface area contributed by atoms with E-state index in [-0.39, 0.29) is 37.6 Å². The first kappa shape index (κ1) is 15.0. The molecule has 4 rings (SSSR count). The van der Waals surface area contributed by atoms with E-state index in [9.17, 15) is 9.59 Å². The second-order valence-electron chi connectivity index (χ2n) is 6.03. The Morgan fingerprint density at radius 3 is 1.65 bits per heavy atom. The first-order valence-electron chi connectivity index (χ1n) is 7.73. The minimum atomic E-state index is -0.794. The van der Waals surface area contributed by atoms with E-state index in [0.717, 1.165) is 0 Å². The molecule has 9 heteroatoms. The highest BCUT2D eigenvalue weighted by molar-refractivity contribution is 5.61. The molecule has 3 heterocycles. The fourth-order valence-electron chi connectivity index (χ4n) is 2.57. The number of rotatable bonds is 6. The Morgan fingerprint density at radius 2 is 1.26 bits per heavy atom. The molecule has 6 unspecified atom stereocenters. The van der Waals surface area contributed by atoms with Crippen molar-refractivity contribution in [3.8, 4) is 0 Å². The van der Waals surface area contributed by atoms with Crippen molar-refractivity contribution in [1.82, 2.24) is 0 Å². The van der Waals surface area contributed by atoms with E-state index in [1.807, 2.05) is 0 Å². The van der Waals surface area contributed by atoms with Gasteiger partial charge in [0.15, 0.2) is 0 Å². The van der Waals surface area contributed by atoms with Crippen molar-refractivity contribution in [3.05, 3.63) is 0 Å². The largest absolute Gasteiger partial charge is 0.508 e. The van der Waals surface area contributed by atoms with Crippen LogP contribution in [0.1, 0.15) is 12.8 Å². The van der Waals surface area contributed by atoms with E-state index >= 15 is 0 Å². The van der Waals surface area contributed by atoms with Gasteiger partial charge < -0.3 is 33.2 Å². The normalized spacial score (nSPS) is 39.7. The van der Waals surface area contributed by atoms with Gasteiger partial charge in [-0.15, -0.1) is 0 Å². The van der Waals surface area contributed by atoms with Gasteiger partial charge in [0.25, 0.3) is 0 Å². The minimum Gasteiger partial charge on any atom is -0.431 e. The molecule has 4 fully saturated rings. The van der Waals surface area contributed by atoms with Crippen LogP contribution >= 0.6 is 0 Å². The summed E-state index contributed by atoms with van der Waals surface area (Å²) in [7, 11) is 0. The first-order valence-corrected chi connectivity index (χ1v) is 7.73. The van der Waals surface area contributed by atoms with Gasteiger partial charge in [0.05, 0.1) is 25.4 Å². The van der Waals surface area contributed by atoms with Gasteiger partial charge >= 0.3 is 12.3 Å². The van der Waals surface area contributed by atoms with Crippen molar-refractivity contribution >= 4 is 12.3 Å². The van der Waals surface area contributed by atoms with Crippen LogP contribution in [0.25, 0.3) is 0 Å². The SMILES string of the molecule is O=C(OCC1CO1)OC1CC2OC2CC1OC(=O)OCC1CO1. The maximum Gasteiger partial charge on any atom is 0.508 e. The Labute approximate surface area is 132 Å². The molecule has 0 aromatic rings. The molecule has 6 atom stereocenters. The highest BCUT2D eigenvalue weighted by Gasteiger charge is 2.51. The molecule has 4 aliphatic rings. The highest BCUT2D eigenvalue weighted by Crippen LogP contribution is 2.39. The Morgan fingerprint density at radius 1 is 0.826 bits per heavy atom. The fourth-order valence-corrected chi connectivity index (χ4v) is 2.57. The lowest BCUT2D eigenvalue weighted by Gasteiger charge is -2.27. The van der Waals surface area contributed by atoms with Crippen LogP contribution in [0.5, 0.6) is 0 Å². The van der Waals surface area contributed by atoms with Gasteiger partial charge in [-0.1, -0.05) is 0 Å². The average Bonchev–Trinajstić information content (AvgIpc) is 3.35. The first-order chi connectivity index (χ1) is 11.2. The van der Waals surface area contributed by atoms with Gasteiger partial charge in [-0.3, -0.25) is 0 Å². The van der Waals surface area contributed by atoms with Crippen molar-refractivity contribution in [2.24, 2.45) is 0 Å². The average molecular weight is 330 g/mol. The van der Waals surface area contributed by atoms with Gasteiger partial charge in [-0.25, -0.2) is 9.59 Å². The summed E-state index contributed by atoms with van der Waals surface area (Å²) in [5.41, 5.74) is 0. The molecular formula is C14H18O9. The van der Waals surface area contributed by atoms with Crippen LogP contribution in [-0.2, 0) is 33.2 Å². The third-order valence-corrected chi connectivity index (χ3v) is 4.11. The molecule has 0 aromatic carbocycles. The van der Waals surface area contributed by atoms with Gasteiger partial charge in [-0.05, 0) is 0 Å². The second kappa shape index (κ2) is 6.14. The summed E-state index contributed by atoms with van der Waals surface area (Å²) in [5.74, 6) is 0. The molecule has 0 N–H and O–H groups in total. The Bertz CT molecular complexity index is 431. The van der Waals surface area contributed by atoms with E-state index < -0.39 is 24.5 Å². The molecule has 3 aliphatic heterocycles. The molecule has 3 saturated heterocycles. The van der Waals surface area contributed by atoms with Crippen molar-refractivity contribution in [3.63, 3.8) is 0 Å². The number of epoxide rings is 3. The Hall–Kier alpha value is -1.58. The second-order valence-corrected chi connectivity index (χ2v) is 6.03. The topological polar surface area (TPSA) is 109 Å². The molecule has 0 radical (unpaired) electrons. The highest BCUT2D eigenvalue weighted by atomic mass is 16.8. The molecule has 0 bridgehead atoms. The van der Waals surface area contributed by atoms with Crippen molar-refractivity contribution in [2.45, 2.75) is 49.5 Å². The molecule has 9 nitrogen and oxygen atoms in total. The minimum absolute atomic E-state index is 0.0308. The third kappa shape index (κ3) is 4.24. The smallest absolute Gasteiger partial charge is 0.431 e. The number of hydrogen-bond donors (Lipinski definition) is 0. The summed E-state index contributed by atoms with van der Waals surface area (Å²) in [4.78, 5) is 23.4. The van der Waals surface area contributed by atoms with Gasteiger partial charge in [-0.2, -0.15) is 0 Å². The third-order valence-electron chi connectivity index (χ3n) is 4.11. The fraction of sp³-hybridized carbons (Fsp3) is 0.857. The zero-order valence-corrected chi connectivity index (χ0v) is 12.4. The molecule has 0 amide bonds. The molecule has 23 heavy (non-hydrogen) atoms. The summed E-state index contributed by atoms with van der Waals surface area (Å²) in [5, 5.41) is 0. The molecule has 0 spiro atoms. The summed E-state index contributed by atoms with van der Waals surface area (Å²) in [6, 6.07) is 0. The molecule has 0 aromatic heterocycles. The zero-order valence-electron chi connectivity index (χ0n) is 12.4. The standard InChI is InChI=1S/C14H18O9/c15-13(19-5-7-3-17-7)22-11-1-9-10(21-9)2-12(11)23-14(16)20-6-8-4-18-8/h7-12H,1-6H2. The van der Waals surface area contributed by atoms with Crippen molar-refractivity contribution in [2.75, 3.05) is 26.4 Å². The van der Waals surface area contributed by atoms with Gasteiger partial charge in [0, 0.05) is 12.8 Å². The molecule has 128 valence electrons. The van der Waals surface area contributed by atoms with Crippen LogP contribution in [0.2, 0.25) is 0 Å². The molecule has 1 saturated carbocycles. The predicted octanol–water partition coefficient (Wildman–Crippen LogP) is 0.389. The summed E-state index contributed by atoms with van der Waals surface area (Å²) in [6.07, 6.45) is -1.80. The van der Waals surface area contributed by atoms with Crippen molar-refractivity contribution in [1.29, 1.82) is 0 Å². The summed E-state index contributed by atoms with van der Waals surface area (Å²) in [6.45, 7) is 1.53. The summed E-state index contributed by atoms with van der Waals surface area (Å²) < 4.78 is 35.7. The van der Waals surface area contributed by atoms with E-state index in [1.165, 1.54) is 0 Å². The number of hydrogen-bond acceptors (Lipinski definition) is 9. The number of fused-ring (bicyclic) bond motifs is 1. The molecule has 1 aliphatic carbocycles. The number of carbonyl (C=O) groups excluding carboxylic acids is 2. The van der Waals surface area contributed by atoms with E-state index in [4.69, 9.17) is 33.2 Å². The van der Waals surface area contributed by atoms with Crippen LogP contribution < -0.4 is 0 Å². The van der Waals surface area contributed by atoms with E-state index in [2.05, 4.69) is 0 Å². The summed E-state index contributed by atoms with van der Waals surface area (Å²) >= 11 is 0. The van der Waals surface area contributed by atoms with E-state index in [0.29, 0.717) is 26.1 Å². The van der Waals surface area contributed by atoms with Crippen LogP contribution in [0.4, 0.5) is 9.59 Å². The van der Waals surface area contributed by atoms with Crippen LogP contribution in [-0.4, -0.2) is 75.4 Å².